The lowest BCUT2D eigenvalue weighted by Crippen LogP contribution is -2.33. The second-order valence-corrected chi connectivity index (χ2v) is 4.93. The van der Waals surface area contributed by atoms with Crippen molar-refractivity contribution in [3.63, 3.8) is 0 Å². The molecule has 0 spiro atoms. The van der Waals surface area contributed by atoms with Crippen molar-refractivity contribution in [3.8, 4) is 0 Å². The van der Waals surface area contributed by atoms with Crippen LogP contribution in [-0.4, -0.2) is 39.7 Å². The third kappa shape index (κ3) is 3.08. The van der Waals surface area contributed by atoms with Crippen molar-refractivity contribution in [2.45, 2.75) is 26.8 Å². The molecule has 1 amide bonds. The molecule has 0 N–H and O–H groups in total. The van der Waals surface area contributed by atoms with E-state index in [9.17, 15) is 4.79 Å². The number of carbonyl (C=O) groups is 1. The fourth-order valence-electron chi connectivity index (χ4n) is 2.12. The number of hydrogen-bond donors (Lipinski definition) is 0. The highest BCUT2D eigenvalue weighted by molar-refractivity contribution is 6.06. The van der Waals surface area contributed by atoms with Crippen molar-refractivity contribution in [2.75, 3.05) is 18.7 Å². The van der Waals surface area contributed by atoms with Crippen molar-refractivity contribution in [1.29, 1.82) is 0 Å². The largest absolute Gasteiger partial charge is 0.364 e. The van der Waals surface area contributed by atoms with Gasteiger partial charge in [-0.15, -0.1) is 0 Å². The zero-order valence-corrected chi connectivity index (χ0v) is 12.6. The molecule has 0 atom stereocenters. The van der Waals surface area contributed by atoms with Crippen LogP contribution in [0.2, 0.25) is 0 Å². The maximum atomic E-state index is 12.7. The SMILES string of the molecule is COCN(C(=O)c1cnn(C(C)C)c1C)c1ccnnc1. The van der Waals surface area contributed by atoms with Crippen molar-refractivity contribution < 1.29 is 9.53 Å². The molecule has 21 heavy (non-hydrogen) atoms. The first-order chi connectivity index (χ1) is 10.1. The van der Waals surface area contributed by atoms with Gasteiger partial charge in [0, 0.05) is 18.8 Å². The molecular formula is C14H19N5O2. The quantitative estimate of drug-likeness (QED) is 0.785. The molecule has 0 radical (unpaired) electrons. The highest BCUT2D eigenvalue weighted by Gasteiger charge is 2.22. The molecule has 0 saturated heterocycles. The second kappa shape index (κ2) is 6.45. The van der Waals surface area contributed by atoms with E-state index >= 15 is 0 Å². The Bertz CT molecular complexity index is 609. The van der Waals surface area contributed by atoms with Crippen molar-refractivity contribution in [1.82, 2.24) is 20.0 Å². The topological polar surface area (TPSA) is 73.1 Å². The van der Waals surface area contributed by atoms with E-state index in [0.29, 0.717) is 11.3 Å². The number of carbonyl (C=O) groups excluding carboxylic acids is 1. The number of nitrogens with zero attached hydrogens (tertiary/aromatic N) is 5. The molecule has 0 aliphatic heterocycles. The normalized spacial score (nSPS) is 10.9. The van der Waals surface area contributed by atoms with E-state index in [1.165, 1.54) is 17.3 Å². The van der Waals surface area contributed by atoms with Gasteiger partial charge in [0.05, 0.1) is 29.8 Å². The Morgan fingerprint density at radius 1 is 1.38 bits per heavy atom. The number of ether oxygens (including phenoxy) is 1. The summed E-state index contributed by atoms with van der Waals surface area (Å²) >= 11 is 0. The van der Waals surface area contributed by atoms with Gasteiger partial charge >= 0.3 is 0 Å². The van der Waals surface area contributed by atoms with Crippen LogP contribution in [0.15, 0.2) is 24.7 Å². The fraction of sp³-hybridized carbons (Fsp3) is 0.429. The maximum Gasteiger partial charge on any atom is 0.263 e. The van der Waals surface area contributed by atoms with Crippen LogP contribution in [0.4, 0.5) is 5.69 Å². The molecule has 0 aromatic carbocycles. The summed E-state index contributed by atoms with van der Waals surface area (Å²) in [5.74, 6) is -0.172. The van der Waals surface area contributed by atoms with E-state index in [-0.39, 0.29) is 18.7 Å². The molecule has 0 fully saturated rings. The molecule has 0 aliphatic carbocycles. The lowest BCUT2D eigenvalue weighted by atomic mass is 10.2. The summed E-state index contributed by atoms with van der Waals surface area (Å²) < 4.78 is 6.95. The molecule has 0 saturated carbocycles. The van der Waals surface area contributed by atoms with Crippen LogP contribution in [-0.2, 0) is 4.74 Å². The Hall–Kier alpha value is -2.28. The average molecular weight is 289 g/mol. The van der Waals surface area contributed by atoms with E-state index < -0.39 is 0 Å². The number of amides is 1. The van der Waals surface area contributed by atoms with Crippen LogP contribution >= 0.6 is 0 Å². The van der Waals surface area contributed by atoms with Crippen LogP contribution in [0.25, 0.3) is 0 Å². The number of hydrogen-bond acceptors (Lipinski definition) is 5. The Labute approximate surface area is 123 Å². The van der Waals surface area contributed by atoms with Gasteiger partial charge in [0.25, 0.3) is 5.91 Å². The predicted molar refractivity (Wildman–Crippen MR) is 78.1 cm³/mol. The Kier molecular flexibility index (Phi) is 4.64. The van der Waals surface area contributed by atoms with Gasteiger partial charge in [0.15, 0.2) is 0 Å². The molecular weight excluding hydrogens is 270 g/mol. The third-order valence-corrected chi connectivity index (χ3v) is 3.15. The summed E-state index contributed by atoms with van der Waals surface area (Å²) in [5, 5.41) is 11.8. The smallest absolute Gasteiger partial charge is 0.263 e. The van der Waals surface area contributed by atoms with E-state index in [2.05, 4.69) is 15.3 Å². The van der Waals surface area contributed by atoms with Gasteiger partial charge < -0.3 is 4.74 Å². The number of methoxy groups -OCH3 is 1. The van der Waals surface area contributed by atoms with Crippen molar-refractivity contribution in [3.05, 3.63) is 35.9 Å². The molecule has 0 bridgehead atoms. The third-order valence-electron chi connectivity index (χ3n) is 3.15. The standard InChI is InChI=1S/C14H19N5O2/c1-10(2)19-11(3)13(8-17-19)14(20)18(9-21-4)12-5-6-15-16-7-12/h5-8,10H,9H2,1-4H3. The Balaban J connectivity index is 2.35. The maximum absolute atomic E-state index is 12.7. The molecule has 112 valence electrons. The van der Waals surface area contributed by atoms with Gasteiger partial charge in [0.1, 0.15) is 6.73 Å². The van der Waals surface area contributed by atoms with E-state index in [1.807, 2.05) is 25.5 Å². The number of aromatic nitrogens is 4. The van der Waals surface area contributed by atoms with Crippen LogP contribution in [0, 0.1) is 6.92 Å². The summed E-state index contributed by atoms with van der Waals surface area (Å²) in [7, 11) is 1.54. The summed E-state index contributed by atoms with van der Waals surface area (Å²) in [6, 6.07) is 1.91. The van der Waals surface area contributed by atoms with E-state index in [1.54, 1.807) is 19.4 Å². The van der Waals surface area contributed by atoms with Gasteiger partial charge in [0.2, 0.25) is 0 Å². The lowest BCUT2D eigenvalue weighted by Gasteiger charge is -2.21. The van der Waals surface area contributed by atoms with E-state index in [0.717, 1.165) is 5.69 Å². The Morgan fingerprint density at radius 2 is 2.14 bits per heavy atom. The van der Waals surface area contributed by atoms with Crippen LogP contribution in [0.3, 0.4) is 0 Å². The molecule has 2 heterocycles. The van der Waals surface area contributed by atoms with Crippen molar-refractivity contribution in [2.24, 2.45) is 0 Å². The first kappa shape index (κ1) is 15.1. The van der Waals surface area contributed by atoms with Crippen molar-refractivity contribution >= 4 is 11.6 Å². The number of anilines is 1. The summed E-state index contributed by atoms with van der Waals surface area (Å²) in [5.41, 5.74) is 2.02. The fourth-order valence-corrected chi connectivity index (χ4v) is 2.12. The zero-order valence-electron chi connectivity index (χ0n) is 12.6. The predicted octanol–water partition coefficient (Wildman–Crippen LogP) is 1.81. The molecule has 2 aromatic heterocycles. The van der Waals surface area contributed by atoms with Gasteiger partial charge in [-0.1, -0.05) is 0 Å². The average Bonchev–Trinajstić information content (AvgIpc) is 2.87. The zero-order chi connectivity index (χ0) is 15.4. The minimum atomic E-state index is -0.172. The summed E-state index contributed by atoms with van der Waals surface area (Å²) in [6.45, 7) is 6.06. The molecule has 7 heteroatoms. The minimum absolute atomic E-state index is 0.136. The van der Waals surface area contributed by atoms with Gasteiger partial charge in [-0.2, -0.15) is 15.3 Å². The van der Waals surface area contributed by atoms with Crippen LogP contribution < -0.4 is 4.90 Å². The molecule has 0 aliphatic rings. The van der Waals surface area contributed by atoms with Crippen LogP contribution in [0.5, 0.6) is 0 Å². The second-order valence-electron chi connectivity index (χ2n) is 4.93. The molecule has 2 aromatic rings. The Morgan fingerprint density at radius 3 is 2.67 bits per heavy atom. The first-order valence-electron chi connectivity index (χ1n) is 6.67. The lowest BCUT2D eigenvalue weighted by molar-refractivity contribution is 0.0935. The molecule has 2 rings (SSSR count). The molecule has 7 nitrogen and oxygen atoms in total. The van der Waals surface area contributed by atoms with Crippen LogP contribution in [0.1, 0.15) is 35.9 Å². The molecule has 0 unspecified atom stereocenters. The summed E-state index contributed by atoms with van der Waals surface area (Å²) in [6.07, 6.45) is 4.66. The minimum Gasteiger partial charge on any atom is -0.364 e. The van der Waals surface area contributed by atoms with Gasteiger partial charge in [-0.05, 0) is 26.8 Å². The highest BCUT2D eigenvalue weighted by atomic mass is 16.5. The highest BCUT2D eigenvalue weighted by Crippen LogP contribution is 2.19. The number of rotatable bonds is 5. The van der Waals surface area contributed by atoms with E-state index in [4.69, 9.17) is 4.74 Å². The van der Waals surface area contributed by atoms with Gasteiger partial charge in [-0.3, -0.25) is 14.4 Å². The first-order valence-corrected chi connectivity index (χ1v) is 6.67. The van der Waals surface area contributed by atoms with Gasteiger partial charge in [-0.25, -0.2) is 0 Å². The monoisotopic (exact) mass is 289 g/mol. The summed E-state index contributed by atoms with van der Waals surface area (Å²) in [4.78, 5) is 14.2.